The molecule has 0 aromatic heterocycles. The Kier molecular flexibility index (Phi) is 5.52. The maximum absolute atomic E-state index is 14.0. The summed E-state index contributed by atoms with van der Waals surface area (Å²) < 4.78 is 38.1. The average molecular weight is 435 g/mol. The van der Waals surface area contributed by atoms with Crippen LogP contribution in [0.25, 0.3) is 11.1 Å². The zero-order chi connectivity index (χ0) is 21.2. The van der Waals surface area contributed by atoms with E-state index in [1.807, 2.05) is 54.6 Å². The first kappa shape index (κ1) is 20.4. The Balaban J connectivity index is 1.99. The standard InChI is InChI=1S/C24H19O4PS/c25-29(26)20-15-17-24(18-16-20,30(27,28)21-11-5-2-6-12-21)23-14-8-7-13-22(23)19-9-3-1-4-10-19/h1-17H,18H2/p+1. The quantitative estimate of drug-likeness (QED) is 0.530. The van der Waals surface area contributed by atoms with Gasteiger partial charge in [0.05, 0.1) is 4.90 Å². The van der Waals surface area contributed by atoms with E-state index in [-0.39, 0.29) is 16.6 Å². The van der Waals surface area contributed by atoms with Crippen LogP contribution in [0.1, 0.15) is 12.0 Å². The third-order valence-corrected chi connectivity index (χ3v) is 8.51. The van der Waals surface area contributed by atoms with Crippen LogP contribution in [0.5, 0.6) is 0 Å². The summed E-state index contributed by atoms with van der Waals surface area (Å²) in [4.78, 5) is 9.72. The fourth-order valence-corrected chi connectivity index (χ4v) is 6.23. The van der Waals surface area contributed by atoms with E-state index in [0.717, 1.165) is 11.1 Å². The molecule has 1 N–H and O–H groups in total. The lowest BCUT2D eigenvalue weighted by Gasteiger charge is -2.33. The van der Waals surface area contributed by atoms with Gasteiger partial charge in [-0.2, -0.15) is 4.89 Å². The summed E-state index contributed by atoms with van der Waals surface area (Å²) >= 11 is 0. The lowest BCUT2D eigenvalue weighted by molar-refractivity contribution is 0.509. The lowest BCUT2D eigenvalue weighted by atomic mass is 9.85. The molecule has 0 spiro atoms. The maximum Gasteiger partial charge on any atom is 0.545 e. The molecular formula is C24H20O4PS+. The van der Waals surface area contributed by atoms with Crippen molar-refractivity contribution in [2.24, 2.45) is 0 Å². The maximum atomic E-state index is 14.0. The van der Waals surface area contributed by atoms with Gasteiger partial charge in [-0.25, -0.2) is 8.42 Å². The van der Waals surface area contributed by atoms with Gasteiger partial charge in [0.25, 0.3) is 0 Å². The molecule has 0 saturated carbocycles. The predicted molar refractivity (Wildman–Crippen MR) is 119 cm³/mol. The zero-order valence-electron chi connectivity index (χ0n) is 16.0. The first-order chi connectivity index (χ1) is 14.5. The second kappa shape index (κ2) is 8.11. The van der Waals surface area contributed by atoms with Crippen LogP contribution in [-0.2, 0) is 19.1 Å². The molecule has 0 aliphatic heterocycles. The molecule has 0 heterocycles. The van der Waals surface area contributed by atoms with E-state index in [4.69, 9.17) is 0 Å². The van der Waals surface area contributed by atoms with Crippen LogP contribution in [0.2, 0.25) is 0 Å². The number of hydrogen-bond acceptors (Lipinski definition) is 3. The third-order valence-electron chi connectivity index (χ3n) is 5.36. The minimum absolute atomic E-state index is 0.0710. The van der Waals surface area contributed by atoms with Crippen molar-refractivity contribution in [1.82, 2.24) is 0 Å². The molecule has 150 valence electrons. The van der Waals surface area contributed by atoms with Crippen molar-refractivity contribution in [2.45, 2.75) is 16.1 Å². The molecular weight excluding hydrogens is 415 g/mol. The van der Waals surface area contributed by atoms with Gasteiger partial charge in [-0.15, -0.1) is 0 Å². The molecule has 2 unspecified atom stereocenters. The SMILES string of the molecule is O=[P+](O)C1=CCC(c2ccccc2-c2ccccc2)(S(=O)(=O)c2ccccc2)C=C1. The Morgan fingerprint density at radius 1 is 0.833 bits per heavy atom. The molecule has 1 aliphatic rings. The second-order valence-electron chi connectivity index (χ2n) is 7.06. The first-order valence-electron chi connectivity index (χ1n) is 9.46. The van der Waals surface area contributed by atoms with E-state index in [9.17, 15) is 17.9 Å². The van der Waals surface area contributed by atoms with Gasteiger partial charge in [-0.1, -0.05) is 78.9 Å². The Bertz CT molecular complexity index is 1250. The molecule has 1 aliphatic carbocycles. The van der Waals surface area contributed by atoms with Crippen LogP contribution in [-0.4, -0.2) is 13.3 Å². The molecule has 2 atom stereocenters. The number of allylic oxidation sites excluding steroid dienone is 3. The van der Waals surface area contributed by atoms with Crippen molar-refractivity contribution in [1.29, 1.82) is 0 Å². The van der Waals surface area contributed by atoms with Crippen LogP contribution < -0.4 is 0 Å². The fraction of sp³-hybridized carbons (Fsp3) is 0.0833. The van der Waals surface area contributed by atoms with Crippen LogP contribution in [0, 0.1) is 0 Å². The summed E-state index contributed by atoms with van der Waals surface area (Å²) in [5.74, 6) is 0. The molecule has 0 saturated heterocycles. The van der Waals surface area contributed by atoms with Crippen molar-refractivity contribution >= 4 is 17.9 Å². The molecule has 4 nitrogen and oxygen atoms in total. The smallest absolute Gasteiger partial charge is 0.222 e. The fourth-order valence-electron chi connectivity index (χ4n) is 3.83. The number of rotatable bonds is 5. The highest BCUT2D eigenvalue weighted by atomic mass is 32.2. The molecule has 0 radical (unpaired) electrons. The van der Waals surface area contributed by atoms with Gasteiger partial charge in [0, 0.05) is 0 Å². The van der Waals surface area contributed by atoms with Gasteiger partial charge < -0.3 is 0 Å². The molecule has 3 aromatic carbocycles. The van der Waals surface area contributed by atoms with Crippen LogP contribution >= 0.6 is 8.03 Å². The largest absolute Gasteiger partial charge is 0.545 e. The Hall–Kier alpha value is -2.85. The van der Waals surface area contributed by atoms with E-state index in [0.29, 0.717) is 5.56 Å². The number of benzene rings is 3. The van der Waals surface area contributed by atoms with Crippen LogP contribution in [0.4, 0.5) is 0 Å². The van der Waals surface area contributed by atoms with Gasteiger partial charge in [-0.3, -0.25) is 0 Å². The van der Waals surface area contributed by atoms with E-state index in [1.54, 1.807) is 42.5 Å². The summed E-state index contributed by atoms with van der Waals surface area (Å²) in [5.41, 5.74) is 2.36. The van der Waals surface area contributed by atoms with Gasteiger partial charge in [-0.05, 0) is 52.0 Å². The molecule has 3 aromatic rings. The van der Waals surface area contributed by atoms with E-state index in [2.05, 4.69) is 0 Å². The second-order valence-corrected chi connectivity index (χ2v) is 10.3. The normalized spacial score (nSPS) is 19.2. The topological polar surface area (TPSA) is 71.4 Å². The molecule has 0 amide bonds. The first-order valence-corrected chi connectivity index (χ1v) is 12.2. The summed E-state index contributed by atoms with van der Waals surface area (Å²) in [7, 11) is -6.41. The summed E-state index contributed by atoms with van der Waals surface area (Å²) in [6.07, 6.45) is 4.66. The van der Waals surface area contributed by atoms with Crippen molar-refractivity contribution in [3.05, 3.63) is 114 Å². The summed E-state index contributed by atoms with van der Waals surface area (Å²) in [6.45, 7) is 0. The number of hydrogen-bond donors (Lipinski definition) is 1. The van der Waals surface area contributed by atoms with Gasteiger partial charge in [0.1, 0.15) is 4.75 Å². The van der Waals surface area contributed by atoms with E-state index >= 15 is 0 Å². The van der Waals surface area contributed by atoms with Crippen LogP contribution in [0.3, 0.4) is 0 Å². The van der Waals surface area contributed by atoms with Crippen molar-refractivity contribution in [2.75, 3.05) is 0 Å². The Morgan fingerprint density at radius 3 is 2.03 bits per heavy atom. The average Bonchev–Trinajstić information content (AvgIpc) is 2.80. The summed E-state index contributed by atoms with van der Waals surface area (Å²) in [6, 6.07) is 25.4. The Morgan fingerprint density at radius 2 is 1.43 bits per heavy atom. The Labute approximate surface area is 177 Å². The predicted octanol–water partition coefficient (Wildman–Crippen LogP) is 5.60. The van der Waals surface area contributed by atoms with Gasteiger partial charge >= 0.3 is 8.03 Å². The van der Waals surface area contributed by atoms with Gasteiger partial charge in [0.15, 0.2) is 9.84 Å². The van der Waals surface area contributed by atoms with Crippen molar-refractivity contribution < 1.29 is 17.9 Å². The summed E-state index contributed by atoms with van der Waals surface area (Å²) in [5, 5.41) is 0.237. The minimum Gasteiger partial charge on any atom is -0.222 e. The van der Waals surface area contributed by atoms with E-state index < -0.39 is 22.6 Å². The molecule has 30 heavy (non-hydrogen) atoms. The van der Waals surface area contributed by atoms with Crippen LogP contribution in [0.15, 0.2) is 113 Å². The zero-order valence-corrected chi connectivity index (χ0v) is 17.8. The highest BCUT2D eigenvalue weighted by Crippen LogP contribution is 2.48. The monoisotopic (exact) mass is 435 g/mol. The lowest BCUT2D eigenvalue weighted by Crippen LogP contribution is -2.35. The third kappa shape index (κ3) is 3.46. The highest BCUT2D eigenvalue weighted by Gasteiger charge is 2.47. The van der Waals surface area contributed by atoms with Gasteiger partial charge in [0.2, 0.25) is 5.31 Å². The molecule has 0 bridgehead atoms. The molecule has 0 fully saturated rings. The number of sulfone groups is 1. The highest BCUT2D eigenvalue weighted by molar-refractivity contribution is 7.92. The van der Waals surface area contributed by atoms with E-state index in [1.165, 1.54) is 6.08 Å². The van der Waals surface area contributed by atoms with Crippen molar-refractivity contribution in [3.8, 4) is 11.1 Å². The molecule has 6 heteroatoms. The molecule has 4 rings (SSSR count). The van der Waals surface area contributed by atoms with Crippen molar-refractivity contribution in [3.63, 3.8) is 0 Å². The minimum atomic E-state index is -3.86.